The van der Waals surface area contributed by atoms with Crippen molar-refractivity contribution in [1.29, 1.82) is 0 Å². The van der Waals surface area contributed by atoms with Gasteiger partial charge < -0.3 is 15.2 Å². The third-order valence-electron chi connectivity index (χ3n) is 3.26. The molecule has 2 N–H and O–H groups in total. The van der Waals surface area contributed by atoms with E-state index in [9.17, 15) is 9.50 Å². The average molecular weight is 275 g/mol. The summed E-state index contributed by atoms with van der Waals surface area (Å²) < 4.78 is 18.4. The van der Waals surface area contributed by atoms with E-state index in [1.807, 2.05) is 32.0 Å². The van der Waals surface area contributed by atoms with Crippen molar-refractivity contribution in [3.8, 4) is 11.5 Å². The minimum atomic E-state index is -0.363. The first-order valence-corrected chi connectivity index (χ1v) is 6.41. The van der Waals surface area contributed by atoms with Gasteiger partial charge in [0, 0.05) is 11.3 Å². The molecule has 20 heavy (non-hydrogen) atoms. The number of phenolic OH excluding ortho intramolecular Hbond substituents is 1. The van der Waals surface area contributed by atoms with Gasteiger partial charge in [0.1, 0.15) is 17.3 Å². The van der Waals surface area contributed by atoms with Crippen molar-refractivity contribution in [2.75, 3.05) is 12.4 Å². The monoisotopic (exact) mass is 275 g/mol. The predicted octanol–water partition coefficient (Wildman–Crippen LogP) is 4.02. The predicted molar refractivity (Wildman–Crippen MR) is 77.8 cm³/mol. The summed E-state index contributed by atoms with van der Waals surface area (Å²) in [4.78, 5) is 0. The number of ether oxygens (including phenoxy) is 1. The van der Waals surface area contributed by atoms with Crippen molar-refractivity contribution in [2.24, 2.45) is 0 Å². The Bertz CT molecular complexity index is 613. The number of halogens is 1. The number of hydrogen-bond donors (Lipinski definition) is 2. The molecule has 2 aromatic carbocycles. The summed E-state index contributed by atoms with van der Waals surface area (Å²) in [6.45, 7) is 3.83. The minimum Gasteiger partial charge on any atom is -0.508 e. The van der Waals surface area contributed by atoms with Crippen LogP contribution in [0.4, 0.5) is 10.1 Å². The largest absolute Gasteiger partial charge is 0.508 e. The number of benzene rings is 2. The topological polar surface area (TPSA) is 41.5 Å². The number of aryl methyl sites for hydroxylation is 1. The van der Waals surface area contributed by atoms with Crippen LogP contribution in [0.25, 0.3) is 0 Å². The molecule has 0 heterocycles. The summed E-state index contributed by atoms with van der Waals surface area (Å²) in [6.07, 6.45) is 0. The molecule has 1 unspecified atom stereocenters. The maximum absolute atomic E-state index is 13.3. The standard InChI is InChI=1S/C16H18FNO2/c1-10-8-13(20-3)5-6-15(10)18-11(2)14-9-12(17)4-7-16(14)19/h4-9,11,18-19H,1-3H3. The molecule has 0 aliphatic carbocycles. The van der Waals surface area contributed by atoms with Crippen LogP contribution in [0, 0.1) is 12.7 Å². The molecular weight excluding hydrogens is 257 g/mol. The Morgan fingerprint density at radius 3 is 2.60 bits per heavy atom. The lowest BCUT2D eigenvalue weighted by Crippen LogP contribution is -2.08. The van der Waals surface area contributed by atoms with Gasteiger partial charge in [-0.05, 0) is 55.8 Å². The Morgan fingerprint density at radius 2 is 1.95 bits per heavy atom. The molecule has 3 nitrogen and oxygen atoms in total. The second-order valence-electron chi connectivity index (χ2n) is 4.75. The van der Waals surface area contributed by atoms with Crippen LogP contribution in [-0.4, -0.2) is 12.2 Å². The van der Waals surface area contributed by atoms with Crippen molar-refractivity contribution in [1.82, 2.24) is 0 Å². The molecule has 0 radical (unpaired) electrons. The first-order valence-electron chi connectivity index (χ1n) is 6.41. The number of anilines is 1. The van der Waals surface area contributed by atoms with E-state index in [0.717, 1.165) is 17.0 Å². The lowest BCUT2D eigenvalue weighted by atomic mass is 10.1. The first kappa shape index (κ1) is 14.2. The lowest BCUT2D eigenvalue weighted by Gasteiger charge is -2.19. The van der Waals surface area contributed by atoms with Crippen LogP contribution in [0.2, 0.25) is 0 Å². The zero-order valence-electron chi connectivity index (χ0n) is 11.8. The molecule has 2 aromatic rings. The van der Waals surface area contributed by atoms with Gasteiger partial charge in [-0.1, -0.05) is 0 Å². The Balaban J connectivity index is 2.23. The van der Waals surface area contributed by atoms with Gasteiger partial charge in [-0.3, -0.25) is 0 Å². The molecule has 0 bridgehead atoms. The fraction of sp³-hybridized carbons (Fsp3) is 0.250. The number of methoxy groups -OCH3 is 1. The van der Waals surface area contributed by atoms with Gasteiger partial charge in [0.25, 0.3) is 0 Å². The number of phenols is 1. The van der Waals surface area contributed by atoms with Gasteiger partial charge >= 0.3 is 0 Å². The molecule has 1 atom stereocenters. The van der Waals surface area contributed by atoms with Crippen molar-refractivity contribution in [2.45, 2.75) is 19.9 Å². The van der Waals surface area contributed by atoms with E-state index in [1.165, 1.54) is 18.2 Å². The van der Waals surface area contributed by atoms with Crippen LogP contribution in [0.1, 0.15) is 24.1 Å². The third kappa shape index (κ3) is 3.02. The van der Waals surface area contributed by atoms with Gasteiger partial charge in [-0.2, -0.15) is 0 Å². The zero-order valence-corrected chi connectivity index (χ0v) is 11.8. The Morgan fingerprint density at radius 1 is 1.20 bits per heavy atom. The molecule has 0 aromatic heterocycles. The smallest absolute Gasteiger partial charge is 0.123 e. The molecule has 4 heteroatoms. The quantitative estimate of drug-likeness (QED) is 0.885. The summed E-state index contributed by atoms with van der Waals surface area (Å²) in [6, 6.07) is 9.41. The molecular formula is C16H18FNO2. The number of nitrogens with one attached hydrogen (secondary N) is 1. The molecule has 0 aliphatic heterocycles. The second kappa shape index (κ2) is 5.82. The van der Waals surface area contributed by atoms with Gasteiger partial charge in [0.05, 0.1) is 13.2 Å². The third-order valence-corrected chi connectivity index (χ3v) is 3.26. The summed E-state index contributed by atoms with van der Waals surface area (Å²) in [7, 11) is 1.62. The van der Waals surface area contributed by atoms with Crippen LogP contribution in [0.15, 0.2) is 36.4 Å². The van der Waals surface area contributed by atoms with Crippen molar-refractivity contribution in [3.63, 3.8) is 0 Å². The fourth-order valence-corrected chi connectivity index (χ4v) is 2.11. The maximum atomic E-state index is 13.3. The molecule has 0 saturated heterocycles. The van der Waals surface area contributed by atoms with Gasteiger partial charge in [0.2, 0.25) is 0 Å². The maximum Gasteiger partial charge on any atom is 0.123 e. The SMILES string of the molecule is COc1ccc(NC(C)c2cc(F)ccc2O)c(C)c1. The Kier molecular flexibility index (Phi) is 4.13. The van der Waals surface area contributed by atoms with E-state index < -0.39 is 0 Å². The van der Waals surface area contributed by atoms with Crippen LogP contribution in [0.3, 0.4) is 0 Å². The summed E-state index contributed by atoms with van der Waals surface area (Å²) >= 11 is 0. The Hall–Kier alpha value is -2.23. The van der Waals surface area contributed by atoms with Crippen molar-refractivity contribution in [3.05, 3.63) is 53.3 Å². The van der Waals surface area contributed by atoms with Crippen LogP contribution < -0.4 is 10.1 Å². The lowest BCUT2D eigenvalue weighted by molar-refractivity contribution is 0.414. The summed E-state index contributed by atoms with van der Waals surface area (Å²) in [5.74, 6) is 0.504. The van der Waals surface area contributed by atoms with E-state index >= 15 is 0 Å². The average Bonchev–Trinajstić information content (AvgIpc) is 2.43. The summed E-state index contributed by atoms with van der Waals surface area (Å²) in [5.41, 5.74) is 2.47. The van der Waals surface area contributed by atoms with E-state index in [0.29, 0.717) is 5.56 Å². The van der Waals surface area contributed by atoms with E-state index in [2.05, 4.69) is 5.32 Å². The molecule has 106 valence electrons. The molecule has 0 amide bonds. The van der Waals surface area contributed by atoms with E-state index in [-0.39, 0.29) is 17.6 Å². The van der Waals surface area contributed by atoms with Crippen LogP contribution in [0.5, 0.6) is 11.5 Å². The molecule has 2 rings (SSSR count). The highest BCUT2D eigenvalue weighted by Gasteiger charge is 2.12. The van der Waals surface area contributed by atoms with E-state index in [4.69, 9.17) is 4.74 Å². The second-order valence-corrected chi connectivity index (χ2v) is 4.75. The van der Waals surface area contributed by atoms with Crippen LogP contribution in [-0.2, 0) is 0 Å². The van der Waals surface area contributed by atoms with Crippen molar-refractivity contribution >= 4 is 5.69 Å². The molecule has 0 aliphatic rings. The highest BCUT2D eigenvalue weighted by molar-refractivity contribution is 5.55. The zero-order chi connectivity index (χ0) is 14.7. The number of hydrogen-bond acceptors (Lipinski definition) is 3. The highest BCUT2D eigenvalue weighted by atomic mass is 19.1. The highest BCUT2D eigenvalue weighted by Crippen LogP contribution is 2.29. The van der Waals surface area contributed by atoms with Crippen LogP contribution >= 0.6 is 0 Å². The van der Waals surface area contributed by atoms with Crippen molar-refractivity contribution < 1.29 is 14.2 Å². The summed E-state index contributed by atoms with van der Waals surface area (Å²) in [5, 5.41) is 13.1. The minimum absolute atomic E-state index is 0.0811. The normalized spacial score (nSPS) is 12.0. The fourth-order valence-electron chi connectivity index (χ4n) is 2.11. The molecule has 0 saturated carbocycles. The Labute approximate surface area is 118 Å². The number of rotatable bonds is 4. The van der Waals surface area contributed by atoms with Gasteiger partial charge in [-0.15, -0.1) is 0 Å². The first-order chi connectivity index (χ1) is 9.51. The van der Waals surface area contributed by atoms with E-state index in [1.54, 1.807) is 7.11 Å². The number of aromatic hydroxyl groups is 1. The molecule has 0 spiro atoms. The van der Waals surface area contributed by atoms with Gasteiger partial charge in [-0.25, -0.2) is 4.39 Å². The van der Waals surface area contributed by atoms with Gasteiger partial charge in [0.15, 0.2) is 0 Å². The molecule has 0 fully saturated rings.